The molecule has 1 nitrogen and oxygen atoms in total. The second-order valence-electron chi connectivity index (χ2n) is 3.55. The van der Waals surface area contributed by atoms with Crippen LogP contribution < -0.4 is 5.32 Å². The summed E-state index contributed by atoms with van der Waals surface area (Å²) in [5.41, 5.74) is 0. The van der Waals surface area contributed by atoms with E-state index in [2.05, 4.69) is 5.32 Å². The van der Waals surface area contributed by atoms with E-state index in [4.69, 9.17) is 0 Å². The van der Waals surface area contributed by atoms with E-state index in [1.165, 1.54) is 32.1 Å². The SMILES string of the molecule is FC(F)CNCC1CCCCC1. The van der Waals surface area contributed by atoms with Crippen LogP contribution in [0, 0.1) is 5.92 Å². The van der Waals surface area contributed by atoms with Crippen LogP contribution in [-0.2, 0) is 0 Å². The Morgan fingerprint density at radius 1 is 1.17 bits per heavy atom. The van der Waals surface area contributed by atoms with E-state index in [1.54, 1.807) is 0 Å². The van der Waals surface area contributed by atoms with Crippen molar-refractivity contribution in [1.82, 2.24) is 5.32 Å². The Hall–Kier alpha value is -0.180. The fourth-order valence-electron chi connectivity index (χ4n) is 1.79. The Balaban J connectivity index is 1.98. The topological polar surface area (TPSA) is 12.0 Å². The predicted molar refractivity (Wildman–Crippen MR) is 45.4 cm³/mol. The molecular formula is C9H17F2N. The van der Waals surface area contributed by atoms with Gasteiger partial charge in [0.25, 0.3) is 6.43 Å². The molecule has 0 unspecified atom stereocenters. The van der Waals surface area contributed by atoms with Gasteiger partial charge in [0.05, 0.1) is 6.54 Å². The van der Waals surface area contributed by atoms with Crippen LogP contribution in [0.1, 0.15) is 32.1 Å². The van der Waals surface area contributed by atoms with Gasteiger partial charge in [0.1, 0.15) is 0 Å². The van der Waals surface area contributed by atoms with Crippen LogP contribution in [0.3, 0.4) is 0 Å². The van der Waals surface area contributed by atoms with E-state index in [1.807, 2.05) is 0 Å². The third kappa shape index (κ3) is 4.00. The van der Waals surface area contributed by atoms with Crippen molar-refractivity contribution < 1.29 is 8.78 Å². The molecule has 0 bridgehead atoms. The average molecular weight is 177 g/mol. The maximum atomic E-state index is 11.7. The molecule has 72 valence electrons. The van der Waals surface area contributed by atoms with Crippen molar-refractivity contribution >= 4 is 0 Å². The molecule has 0 radical (unpaired) electrons. The van der Waals surface area contributed by atoms with E-state index in [0.717, 1.165) is 6.54 Å². The van der Waals surface area contributed by atoms with Gasteiger partial charge in [0.15, 0.2) is 0 Å². The van der Waals surface area contributed by atoms with Crippen LogP contribution in [0.5, 0.6) is 0 Å². The van der Waals surface area contributed by atoms with E-state index < -0.39 is 6.43 Å². The molecule has 1 aliphatic rings. The lowest BCUT2D eigenvalue weighted by molar-refractivity contribution is 0.143. The number of nitrogens with one attached hydrogen (secondary N) is 1. The average Bonchev–Trinajstić information content (AvgIpc) is 2.05. The number of alkyl halides is 2. The molecule has 1 fully saturated rings. The number of rotatable bonds is 4. The Morgan fingerprint density at radius 3 is 2.42 bits per heavy atom. The molecule has 3 heteroatoms. The first kappa shape index (κ1) is 9.90. The van der Waals surface area contributed by atoms with Crippen molar-refractivity contribution in [2.24, 2.45) is 5.92 Å². The van der Waals surface area contributed by atoms with Crippen molar-refractivity contribution in [3.8, 4) is 0 Å². The van der Waals surface area contributed by atoms with Crippen LogP contribution in [0.25, 0.3) is 0 Å². The molecule has 0 saturated heterocycles. The predicted octanol–water partition coefficient (Wildman–Crippen LogP) is 2.42. The van der Waals surface area contributed by atoms with E-state index in [-0.39, 0.29) is 6.54 Å². The molecule has 0 aromatic carbocycles. The fourth-order valence-corrected chi connectivity index (χ4v) is 1.79. The highest BCUT2D eigenvalue weighted by molar-refractivity contribution is 4.67. The molecular weight excluding hydrogens is 160 g/mol. The lowest BCUT2D eigenvalue weighted by Gasteiger charge is -2.21. The number of hydrogen-bond donors (Lipinski definition) is 1. The standard InChI is InChI=1S/C9H17F2N/c10-9(11)7-12-6-8-4-2-1-3-5-8/h8-9,12H,1-7H2. The van der Waals surface area contributed by atoms with Gasteiger partial charge < -0.3 is 5.32 Å². The summed E-state index contributed by atoms with van der Waals surface area (Å²) < 4.78 is 23.5. The zero-order valence-electron chi connectivity index (χ0n) is 7.36. The Kier molecular flexibility index (Phi) is 4.51. The van der Waals surface area contributed by atoms with Gasteiger partial charge in [0, 0.05) is 0 Å². The Bertz CT molecular complexity index is 111. The minimum atomic E-state index is -2.20. The highest BCUT2D eigenvalue weighted by atomic mass is 19.3. The first-order chi connectivity index (χ1) is 5.79. The number of hydrogen-bond acceptors (Lipinski definition) is 1. The minimum absolute atomic E-state index is 0.142. The summed E-state index contributed by atoms with van der Waals surface area (Å²) in [4.78, 5) is 0. The van der Waals surface area contributed by atoms with Crippen LogP contribution in [0.4, 0.5) is 8.78 Å². The maximum absolute atomic E-state index is 11.7. The minimum Gasteiger partial charge on any atom is -0.311 e. The van der Waals surface area contributed by atoms with Gasteiger partial charge in [-0.3, -0.25) is 0 Å². The monoisotopic (exact) mass is 177 g/mol. The van der Waals surface area contributed by atoms with Gasteiger partial charge in [-0.2, -0.15) is 0 Å². The lowest BCUT2D eigenvalue weighted by Crippen LogP contribution is -2.28. The molecule has 12 heavy (non-hydrogen) atoms. The first-order valence-electron chi connectivity index (χ1n) is 4.78. The third-order valence-electron chi connectivity index (χ3n) is 2.46. The first-order valence-corrected chi connectivity index (χ1v) is 4.78. The summed E-state index contributed by atoms with van der Waals surface area (Å²) in [5, 5.41) is 2.80. The fraction of sp³-hybridized carbons (Fsp3) is 1.00. The van der Waals surface area contributed by atoms with Crippen LogP contribution >= 0.6 is 0 Å². The highest BCUT2D eigenvalue weighted by Gasteiger charge is 2.13. The summed E-state index contributed by atoms with van der Waals surface area (Å²) in [6.45, 7) is 0.640. The van der Waals surface area contributed by atoms with Crippen LogP contribution in [0.2, 0.25) is 0 Å². The molecule has 1 aliphatic carbocycles. The van der Waals surface area contributed by atoms with Crippen molar-refractivity contribution in [1.29, 1.82) is 0 Å². The summed E-state index contributed by atoms with van der Waals surface area (Å²) >= 11 is 0. The van der Waals surface area contributed by atoms with E-state index in [0.29, 0.717) is 5.92 Å². The van der Waals surface area contributed by atoms with Gasteiger partial charge in [-0.15, -0.1) is 0 Å². The van der Waals surface area contributed by atoms with Crippen molar-refractivity contribution in [3.05, 3.63) is 0 Å². The third-order valence-corrected chi connectivity index (χ3v) is 2.46. The zero-order valence-corrected chi connectivity index (χ0v) is 7.36. The zero-order chi connectivity index (χ0) is 8.81. The summed E-state index contributed by atoms with van der Waals surface area (Å²) in [6, 6.07) is 0. The second kappa shape index (κ2) is 5.46. The Morgan fingerprint density at radius 2 is 1.83 bits per heavy atom. The summed E-state index contributed by atoms with van der Waals surface area (Å²) in [6.07, 6.45) is 4.12. The molecule has 0 atom stereocenters. The smallest absolute Gasteiger partial charge is 0.250 e. The van der Waals surface area contributed by atoms with Gasteiger partial charge in [-0.1, -0.05) is 19.3 Å². The van der Waals surface area contributed by atoms with E-state index >= 15 is 0 Å². The highest BCUT2D eigenvalue weighted by Crippen LogP contribution is 2.22. The van der Waals surface area contributed by atoms with Crippen molar-refractivity contribution in [3.63, 3.8) is 0 Å². The van der Waals surface area contributed by atoms with Gasteiger partial charge in [0.2, 0.25) is 0 Å². The van der Waals surface area contributed by atoms with Crippen LogP contribution in [0.15, 0.2) is 0 Å². The largest absolute Gasteiger partial charge is 0.311 e. The summed E-state index contributed by atoms with van der Waals surface area (Å²) in [5.74, 6) is 0.650. The molecule has 0 aromatic rings. The maximum Gasteiger partial charge on any atom is 0.250 e. The summed E-state index contributed by atoms with van der Waals surface area (Å²) in [7, 11) is 0. The molecule has 0 heterocycles. The molecule has 0 amide bonds. The number of halogens is 2. The molecule has 0 aromatic heterocycles. The molecule has 1 N–H and O–H groups in total. The van der Waals surface area contributed by atoms with Crippen LogP contribution in [-0.4, -0.2) is 19.5 Å². The van der Waals surface area contributed by atoms with E-state index in [9.17, 15) is 8.78 Å². The Labute approximate surface area is 72.5 Å². The molecule has 0 spiro atoms. The quantitative estimate of drug-likeness (QED) is 0.695. The molecule has 1 rings (SSSR count). The molecule has 1 saturated carbocycles. The normalized spacial score (nSPS) is 20.2. The van der Waals surface area contributed by atoms with Gasteiger partial charge in [-0.05, 0) is 25.3 Å². The van der Waals surface area contributed by atoms with Gasteiger partial charge in [-0.25, -0.2) is 8.78 Å². The lowest BCUT2D eigenvalue weighted by atomic mass is 9.89. The molecule has 0 aliphatic heterocycles. The van der Waals surface area contributed by atoms with Crippen molar-refractivity contribution in [2.45, 2.75) is 38.5 Å². The van der Waals surface area contributed by atoms with Crippen molar-refractivity contribution in [2.75, 3.05) is 13.1 Å². The van der Waals surface area contributed by atoms with Gasteiger partial charge >= 0.3 is 0 Å². The second-order valence-corrected chi connectivity index (χ2v) is 3.55.